The first-order valence-electron chi connectivity index (χ1n) is 9.74. The molecule has 0 radical (unpaired) electrons. The molecule has 0 saturated carbocycles. The summed E-state index contributed by atoms with van der Waals surface area (Å²) in [6.07, 6.45) is 0. The lowest BCUT2D eigenvalue weighted by atomic mass is 10.2. The highest BCUT2D eigenvalue weighted by atomic mass is 35.5. The maximum absolute atomic E-state index is 12.2. The van der Waals surface area contributed by atoms with Gasteiger partial charge in [-0.25, -0.2) is 4.79 Å². The van der Waals surface area contributed by atoms with Crippen LogP contribution in [0.4, 0.5) is 11.4 Å². The Hall–Kier alpha value is -3.69. The Morgan fingerprint density at radius 3 is 2.36 bits per heavy atom. The Kier molecular flexibility index (Phi) is 8.17. The molecule has 2 aromatic carbocycles. The topological polar surface area (TPSA) is 105 Å². The zero-order valence-electron chi connectivity index (χ0n) is 17.5. The van der Waals surface area contributed by atoms with E-state index < -0.39 is 24.4 Å². The standard InChI is InChI=1S/C23H20ClN3O5S/c1-27(13-20(28)26-18-6-3-2-5-17(18)24)21(29)14-32-23(31)15-8-10-16(11-9-15)25-22(30)19-7-4-12-33-19/h2-12H,13-14H2,1H3,(H,25,30)(H,26,28). The lowest BCUT2D eigenvalue weighted by Crippen LogP contribution is -2.37. The number of nitrogens with one attached hydrogen (secondary N) is 2. The third-order valence-corrected chi connectivity index (χ3v) is 5.60. The van der Waals surface area contributed by atoms with Gasteiger partial charge in [-0.05, 0) is 47.8 Å². The highest BCUT2D eigenvalue weighted by Crippen LogP contribution is 2.20. The van der Waals surface area contributed by atoms with E-state index in [0.717, 1.165) is 4.90 Å². The van der Waals surface area contributed by atoms with Gasteiger partial charge in [-0.15, -0.1) is 11.3 Å². The summed E-state index contributed by atoms with van der Waals surface area (Å²) in [4.78, 5) is 50.3. The van der Waals surface area contributed by atoms with Gasteiger partial charge in [-0.3, -0.25) is 14.4 Å². The van der Waals surface area contributed by atoms with Gasteiger partial charge in [-0.2, -0.15) is 0 Å². The fourth-order valence-corrected chi connectivity index (χ4v) is 3.47. The quantitative estimate of drug-likeness (QED) is 0.471. The molecule has 2 N–H and O–H groups in total. The molecule has 0 fully saturated rings. The van der Waals surface area contributed by atoms with Crippen LogP contribution in [0.1, 0.15) is 20.0 Å². The van der Waals surface area contributed by atoms with Crippen LogP contribution in [0.5, 0.6) is 0 Å². The zero-order valence-corrected chi connectivity index (χ0v) is 19.1. The second-order valence-electron chi connectivity index (χ2n) is 6.86. The van der Waals surface area contributed by atoms with Crippen molar-refractivity contribution in [3.05, 3.63) is 81.5 Å². The number of esters is 1. The first-order valence-corrected chi connectivity index (χ1v) is 11.0. The molecule has 33 heavy (non-hydrogen) atoms. The Bertz CT molecular complexity index is 1150. The Morgan fingerprint density at radius 1 is 0.970 bits per heavy atom. The molecule has 1 heterocycles. The lowest BCUT2D eigenvalue weighted by Gasteiger charge is -2.17. The third-order valence-electron chi connectivity index (χ3n) is 4.40. The molecule has 1 aromatic heterocycles. The van der Waals surface area contributed by atoms with E-state index in [-0.39, 0.29) is 18.0 Å². The number of anilines is 2. The number of carbonyl (C=O) groups is 4. The Labute approximate surface area is 199 Å². The van der Waals surface area contributed by atoms with Crippen LogP contribution >= 0.6 is 22.9 Å². The average Bonchev–Trinajstić information content (AvgIpc) is 3.34. The minimum atomic E-state index is -0.701. The van der Waals surface area contributed by atoms with Crippen molar-refractivity contribution in [3.8, 4) is 0 Å². The van der Waals surface area contributed by atoms with E-state index in [2.05, 4.69) is 10.6 Å². The highest BCUT2D eigenvalue weighted by molar-refractivity contribution is 7.12. The summed E-state index contributed by atoms with van der Waals surface area (Å²) >= 11 is 7.32. The van der Waals surface area contributed by atoms with Crippen LogP contribution in [0, 0.1) is 0 Å². The molecule has 0 saturated heterocycles. The van der Waals surface area contributed by atoms with Gasteiger partial charge >= 0.3 is 5.97 Å². The molecule has 3 rings (SSSR count). The summed E-state index contributed by atoms with van der Waals surface area (Å²) < 4.78 is 5.04. The first kappa shape index (κ1) is 24.0. The van der Waals surface area contributed by atoms with Crippen molar-refractivity contribution in [3.63, 3.8) is 0 Å². The number of halogens is 1. The van der Waals surface area contributed by atoms with E-state index in [4.69, 9.17) is 16.3 Å². The second kappa shape index (κ2) is 11.3. The summed E-state index contributed by atoms with van der Waals surface area (Å²) in [5, 5.41) is 7.52. The van der Waals surface area contributed by atoms with Crippen LogP contribution < -0.4 is 10.6 Å². The van der Waals surface area contributed by atoms with Crippen LogP contribution in [0.15, 0.2) is 66.0 Å². The van der Waals surface area contributed by atoms with Crippen molar-refractivity contribution >= 4 is 58.0 Å². The van der Waals surface area contributed by atoms with Crippen molar-refractivity contribution in [2.24, 2.45) is 0 Å². The molecule has 0 aliphatic rings. The van der Waals surface area contributed by atoms with Crippen molar-refractivity contribution in [2.45, 2.75) is 0 Å². The summed E-state index contributed by atoms with van der Waals surface area (Å²) in [6.45, 7) is -0.758. The first-order chi connectivity index (χ1) is 15.8. The smallest absolute Gasteiger partial charge is 0.338 e. The van der Waals surface area contributed by atoms with Crippen molar-refractivity contribution < 1.29 is 23.9 Å². The van der Waals surface area contributed by atoms with Crippen LogP contribution in [-0.4, -0.2) is 48.8 Å². The largest absolute Gasteiger partial charge is 0.452 e. The zero-order chi connectivity index (χ0) is 23.8. The number of thiophene rings is 1. The SMILES string of the molecule is CN(CC(=O)Nc1ccccc1Cl)C(=O)COC(=O)c1ccc(NC(=O)c2cccs2)cc1. The van der Waals surface area contributed by atoms with Crippen molar-refractivity contribution in [2.75, 3.05) is 30.8 Å². The number of rotatable bonds is 8. The van der Waals surface area contributed by atoms with E-state index in [1.807, 2.05) is 0 Å². The van der Waals surface area contributed by atoms with Gasteiger partial charge in [0.1, 0.15) is 0 Å². The lowest BCUT2D eigenvalue weighted by molar-refractivity contribution is -0.136. The molecular formula is C23H20ClN3O5S. The summed E-state index contributed by atoms with van der Waals surface area (Å²) in [5.41, 5.74) is 1.17. The fourth-order valence-electron chi connectivity index (χ4n) is 2.67. The van der Waals surface area contributed by atoms with Gasteiger partial charge in [-0.1, -0.05) is 29.8 Å². The highest BCUT2D eigenvalue weighted by Gasteiger charge is 2.17. The molecule has 0 spiro atoms. The number of para-hydroxylation sites is 1. The third kappa shape index (κ3) is 6.90. The van der Waals surface area contributed by atoms with Gasteiger partial charge in [0.2, 0.25) is 5.91 Å². The minimum Gasteiger partial charge on any atom is -0.452 e. The predicted molar refractivity (Wildman–Crippen MR) is 127 cm³/mol. The molecule has 3 amide bonds. The summed E-state index contributed by atoms with van der Waals surface area (Å²) in [7, 11) is 1.42. The van der Waals surface area contributed by atoms with Crippen molar-refractivity contribution in [1.29, 1.82) is 0 Å². The van der Waals surface area contributed by atoms with Crippen LogP contribution in [0.3, 0.4) is 0 Å². The van der Waals surface area contributed by atoms with E-state index in [1.165, 1.54) is 30.5 Å². The van der Waals surface area contributed by atoms with E-state index in [0.29, 0.717) is 21.3 Å². The number of amides is 3. The van der Waals surface area contributed by atoms with E-state index >= 15 is 0 Å². The number of likely N-dealkylation sites (N-methyl/N-ethyl adjacent to an activating group) is 1. The molecule has 10 heteroatoms. The van der Waals surface area contributed by atoms with Crippen LogP contribution in [0.25, 0.3) is 0 Å². The normalized spacial score (nSPS) is 10.2. The van der Waals surface area contributed by atoms with Gasteiger partial charge in [0.25, 0.3) is 11.8 Å². The number of nitrogens with zero attached hydrogens (tertiary/aromatic N) is 1. The molecule has 3 aromatic rings. The average molecular weight is 486 g/mol. The van der Waals surface area contributed by atoms with Gasteiger partial charge in [0, 0.05) is 12.7 Å². The predicted octanol–water partition coefficient (Wildman–Crippen LogP) is 3.91. The molecule has 0 atom stereocenters. The maximum Gasteiger partial charge on any atom is 0.338 e. The Morgan fingerprint density at radius 2 is 1.70 bits per heavy atom. The molecular weight excluding hydrogens is 466 g/mol. The number of hydrogen-bond donors (Lipinski definition) is 2. The maximum atomic E-state index is 12.2. The molecule has 0 aliphatic heterocycles. The number of hydrogen-bond acceptors (Lipinski definition) is 6. The van der Waals surface area contributed by atoms with E-state index in [1.54, 1.807) is 53.9 Å². The molecule has 0 unspecified atom stereocenters. The van der Waals surface area contributed by atoms with E-state index in [9.17, 15) is 19.2 Å². The second-order valence-corrected chi connectivity index (χ2v) is 8.22. The van der Waals surface area contributed by atoms with Crippen LogP contribution in [-0.2, 0) is 14.3 Å². The number of benzene rings is 2. The van der Waals surface area contributed by atoms with Crippen molar-refractivity contribution in [1.82, 2.24) is 4.90 Å². The van der Waals surface area contributed by atoms with Gasteiger partial charge in [0.15, 0.2) is 6.61 Å². The van der Waals surface area contributed by atoms with Gasteiger partial charge in [0.05, 0.1) is 27.7 Å². The summed E-state index contributed by atoms with van der Waals surface area (Å²) in [5.74, 6) is -1.93. The monoisotopic (exact) mass is 485 g/mol. The number of carbonyl (C=O) groups excluding carboxylic acids is 4. The molecule has 0 bridgehead atoms. The number of ether oxygens (including phenoxy) is 1. The van der Waals surface area contributed by atoms with Crippen LogP contribution in [0.2, 0.25) is 5.02 Å². The fraction of sp³-hybridized carbons (Fsp3) is 0.130. The summed E-state index contributed by atoms with van der Waals surface area (Å²) in [6, 6.07) is 16.3. The minimum absolute atomic E-state index is 0.219. The molecule has 8 nitrogen and oxygen atoms in total. The molecule has 0 aliphatic carbocycles. The Balaban J connectivity index is 1.45. The van der Waals surface area contributed by atoms with Gasteiger partial charge < -0.3 is 20.3 Å². The molecule has 170 valence electrons.